The molecule has 2 N–H and O–H groups in total. The highest BCUT2D eigenvalue weighted by molar-refractivity contribution is 5.76. The second kappa shape index (κ2) is 9.29. The van der Waals surface area contributed by atoms with E-state index < -0.39 is 17.7 Å². The van der Waals surface area contributed by atoms with E-state index in [0.717, 1.165) is 0 Å². The zero-order valence-electron chi connectivity index (χ0n) is 16.4. The predicted octanol–water partition coefficient (Wildman–Crippen LogP) is 3.36. The molecular formula is C19H25FN4O4. The molecular weight excluding hydrogens is 367 g/mol. The number of carbonyl (C=O) groups is 2. The molecule has 1 aromatic heterocycles. The largest absolute Gasteiger partial charge is 0.444 e. The van der Waals surface area contributed by atoms with Crippen LogP contribution in [0.1, 0.15) is 52.5 Å². The molecule has 2 amide bonds. The minimum absolute atomic E-state index is 0.208. The number of alkyl carbamates (subject to hydrolysis) is 1. The van der Waals surface area contributed by atoms with Crippen LogP contribution in [-0.2, 0) is 9.53 Å². The number of benzene rings is 1. The van der Waals surface area contributed by atoms with E-state index in [-0.39, 0.29) is 24.0 Å². The maximum absolute atomic E-state index is 13.0. The molecule has 28 heavy (non-hydrogen) atoms. The van der Waals surface area contributed by atoms with E-state index in [1.165, 1.54) is 12.1 Å². The molecule has 1 atom stereocenters. The summed E-state index contributed by atoms with van der Waals surface area (Å²) < 4.78 is 23.3. The van der Waals surface area contributed by atoms with Gasteiger partial charge in [0, 0.05) is 18.5 Å². The Morgan fingerprint density at radius 2 is 1.93 bits per heavy atom. The minimum atomic E-state index is -0.562. The van der Waals surface area contributed by atoms with E-state index in [4.69, 9.17) is 9.26 Å². The van der Waals surface area contributed by atoms with Crippen LogP contribution in [0.3, 0.4) is 0 Å². The number of amides is 2. The fourth-order valence-corrected chi connectivity index (χ4v) is 2.26. The Morgan fingerprint density at radius 1 is 1.25 bits per heavy atom. The number of halogens is 1. The van der Waals surface area contributed by atoms with Crippen molar-refractivity contribution in [3.05, 3.63) is 36.0 Å². The van der Waals surface area contributed by atoms with Gasteiger partial charge in [-0.2, -0.15) is 4.98 Å². The fourth-order valence-electron chi connectivity index (χ4n) is 2.26. The Morgan fingerprint density at radius 3 is 2.57 bits per heavy atom. The van der Waals surface area contributed by atoms with Crippen molar-refractivity contribution in [3.63, 3.8) is 0 Å². The monoisotopic (exact) mass is 392 g/mol. The van der Waals surface area contributed by atoms with E-state index in [1.807, 2.05) is 0 Å². The number of aromatic nitrogens is 2. The molecule has 0 bridgehead atoms. The van der Waals surface area contributed by atoms with E-state index in [0.29, 0.717) is 24.4 Å². The first-order valence-corrected chi connectivity index (χ1v) is 9.00. The van der Waals surface area contributed by atoms with Crippen LogP contribution >= 0.6 is 0 Å². The van der Waals surface area contributed by atoms with Crippen molar-refractivity contribution < 1.29 is 23.2 Å². The smallest absolute Gasteiger partial charge is 0.407 e. The van der Waals surface area contributed by atoms with Gasteiger partial charge in [0.1, 0.15) is 17.5 Å². The molecule has 0 aliphatic rings. The standard InChI is InChI=1S/C19H25FN4O4/c1-12(17-23-16(24-28-17)13-7-9-14(20)10-8-13)22-15(25)6-5-11-21-18(26)27-19(2,3)4/h7-10,12H,5-6,11H2,1-4H3,(H,21,26)(H,22,25). The van der Waals surface area contributed by atoms with Crippen LogP contribution in [0.15, 0.2) is 28.8 Å². The lowest BCUT2D eigenvalue weighted by Gasteiger charge is -2.19. The van der Waals surface area contributed by atoms with Crippen molar-refractivity contribution >= 4 is 12.0 Å². The first-order chi connectivity index (χ1) is 13.1. The highest BCUT2D eigenvalue weighted by Crippen LogP contribution is 2.19. The molecule has 1 aromatic carbocycles. The topological polar surface area (TPSA) is 106 Å². The van der Waals surface area contributed by atoms with Crippen LogP contribution in [-0.4, -0.2) is 34.3 Å². The van der Waals surface area contributed by atoms with E-state index in [1.54, 1.807) is 39.8 Å². The zero-order valence-corrected chi connectivity index (χ0v) is 16.4. The molecule has 2 aromatic rings. The summed E-state index contributed by atoms with van der Waals surface area (Å²) in [5, 5.41) is 9.20. The summed E-state index contributed by atoms with van der Waals surface area (Å²) in [6.07, 6.45) is 0.169. The van der Waals surface area contributed by atoms with Crippen molar-refractivity contribution in [1.82, 2.24) is 20.8 Å². The minimum Gasteiger partial charge on any atom is -0.444 e. The Bertz CT molecular complexity index is 799. The van der Waals surface area contributed by atoms with Gasteiger partial charge in [-0.05, 0) is 58.4 Å². The average molecular weight is 392 g/mol. The molecule has 1 heterocycles. The third-order valence-electron chi connectivity index (χ3n) is 3.54. The molecule has 0 saturated heterocycles. The predicted molar refractivity (Wildman–Crippen MR) is 99.7 cm³/mol. The Balaban J connectivity index is 1.75. The van der Waals surface area contributed by atoms with Gasteiger partial charge in [0.25, 0.3) is 0 Å². The van der Waals surface area contributed by atoms with Crippen molar-refractivity contribution in [2.75, 3.05) is 6.54 Å². The summed E-state index contributed by atoms with van der Waals surface area (Å²) >= 11 is 0. The van der Waals surface area contributed by atoms with Crippen LogP contribution < -0.4 is 10.6 Å². The van der Waals surface area contributed by atoms with E-state index in [2.05, 4.69) is 20.8 Å². The molecule has 1 unspecified atom stereocenters. The molecule has 0 radical (unpaired) electrons. The summed E-state index contributed by atoms with van der Waals surface area (Å²) in [6, 6.07) is 5.23. The zero-order chi connectivity index (χ0) is 20.7. The Labute approximate surface area is 162 Å². The second-order valence-electron chi connectivity index (χ2n) is 7.28. The molecule has 0 spiro atoms. The fraction of sp³-hybridized carbons (Fsp3) is 0.474. The number of hydrogen-bond acceptors (Lipinski definition) is 6. The molecule has 9 heteroatoms. The number of nitrogens with zero attached hydrogens (tertiary/aromatic N) is 2. The van der Waals surface area contributed by atoms with Crippen molar-refractivity contribution in [2.45, 2.75) is 52.2 Å². The maximum atomic E-state index is 13.0. The number of nitrogens with one attached hydrogen (secondary N) is 2. The third kappa shape index (κ3) is 6.98. The van der Waals surface area contributed by atoms with Crippen molar-refractivity contribution in [2.24, 2.45) is 0 Å². The molecule has 0 fully saturated rings. The van der Waals surface area contributed by atoms with Crippen molar-refractivity contribution in [1.29, 1.82) is 0 Å². The lowest BCUT2D eigenvalue weighted by molar-refractivity contribution is -0.122. The molecule has 8 nitrogen and oxygen atoms in total. The summed E-state index contributed by atoms with van der Waals surface area (Å²) in [7, 11) is 0. The molecule has 0 aliphatic carbocycles. The molecule has 0 saturated carbocycles. The summed E-state index contributed by atoms with van der Waals surface area (Å²) in [5.41, 5.74) is 0.0522. The van der Waals surface area contributed by atoms with Gasteiger partial charge in [-0.25, -0.2) is 9.18 Å². The highest BCUT2D eigenvalue weighted by Gasteiger charge is 2.18. The van der Waals surface area contributed by atoms with Gasteiger partial charge in [-0.15, -0.1) is 0 Å². The van der Waals surface area contributed by atoms with Crippen LogP contribution in [0, 0.1) is 5.82 Å². The first-order valence-electron chi connectivity index (χ1n) is 9.00. The summed E-state index contributed by atoms with van der Waals surface area (Å²) in [5.74, 6) is 0.00601. The van der Waals surface area contributed by atoms with Crippen molar-refractivity contribution in [3.8, 4) is 11.4 Å². The van der Waals surface area contributed by atoms with Crippen LogP contribution in [0.25, 0.3) is 11.4 Å². The van der Waals surface area contributed by atoms with Gasteiger partial charge in [-0.1, -0.05) is 5.16 Å². The number of rotatable bonds is 7. The number of hydrogen-bond donors (Lipinski definition) is 2. The number of ether oxygens (including phenoxy) is 1. The Hall–Kier alpha value is -2.97. The van der Waals surface area contributed by atoms with Gasteiger partial charge in [0.2, 0.25) is 17.6 Å². The molecule has 2 rings (SSSR count). The quantitative estimate of drug-likeness (QED) is 0.700. The lowest BCUT2D eigenvalue weighted by Crippen LogP contribution is -2.33. The van der Waals surface area contributed by atoms with Crippen LogP contribution in [0.2, 0.25) is 0 Å². The maximum Gasteiger partial charge on any atom is 0.407 e. The lowest BCUT2D eigenvalue weighted by atomic mass is 10.2. The molecule has 152 valence electrons. The first kappa shape index (κ1) is 21.3. The van der Waals surface area contributed by atoms with E-state index >= 15 is 0 Å². The number of carbonyl (C=O) groups excluding carboxylic acids is 2. The van der Waals surface area contributed by atoms with Gasteiger partial charge in [0.05, 0.1) is 0 Å². The Kier molecular flexibility index (Phi) is 7.08. The normalized spacial score (nSPS) is 12.3. The summed E-state index contributed by atoms with van der Waals surface area (Å²) in [6.45, 7) is 7.38. The molecule has 0 aliphatic heterocycles. The highest BCUT2D eigenvalue weighted by atomic mass is 19.1. The van der Waals surface area contributed by atoms with Gasteiger partial charge in [-0.3, -0.25) is 4.79 Å². The van der Waals surface area contributed by atoms with Crippen LogP contribution in [0.5, 0.6) is 0 Å². The van der Waals surface area contributed by atoms with Gasteiger partial charge < -0.3 is 19.9 Å². The summed E-state index contributed by atoms with van der Waals surface area (Å²) in [4.78, 5) is 27.8. The van der Waals surface area contributed by atoms with Gasteiger partial charge >= 0.3 is 6.09 Å². The van der Waals surface area contributed by atoms with Gasteiger partial charge in [0.15, 0.2) is 0 Å². The average Bonchev–Trinajstić information content (AvgIpc) is 3.08. The SMILES string of the molecule is CC(NC(=O)CCCNC(=O)OC(C)(C)C)c1nc(-c2ccc(F)cc2)no1. The second-order valence-corrected chi connectivity index (χ2v) is 7.28. The third-order valence-corrected chi connectivity index (χ3v) is 3.54. The van der Waals surface area contributed by atoms with E-state index in [9.17, 15) is 14.0 Å². The van der Waals surface area contributed by atoms with Crippen LogP contribution in [0.4, 0.5) is 9.18 Å².